The van der Waals surface area contributed by atoms with Gasteiger partial charge in [-0.05, 0) is 19.1 Å². The number of hydrogen-bond acceptors (Lipinski definition) is 4. The van der Waals surface area contributed by atoms with Gasteiger partial charge in [-0.25, -0.2) is 14.5 Å². The molecule has 0 saturated carbocycles. The highest BCUT2D eigenvalue weighted by Crippen LogP contribution is 2.34. The molecule has 0 bridgehead atoms. The van der Waals surface area contributed by atoms with E-state index in [-0.39, 0.29) is 12.4 Å². The van der Waals surface area contributed by atoms with Gasteiger partial charge in [-0.2, -0.15) is 18.3 Å². The lowest BCUT2D eigenvalue weighted by Crippen LogP contribution is -2.19. The van der Waals surface area contributed by atoms with Crippen LogP contribution in [-0.2, 0) is 10.9 Å². The molecule has 0 aromatic carbocycles. The summed E-state index contributed by atoms with van der Waals surface area (Å²) in [5.41, 5.74) is -1.35. The van der Waals surface area contributed by atoms with Crippen molar-refractivity contribution in [3.8, 4) is 5.82 Å². The fourth-order valence-electron chi connectivity index (χ4n) is 2.26. The molecule has 0 aliphatic carbocycles. The van der Waals surface area contributed by atoms with Gasteiger partial charge in [0.25, 0.3) is 0 Å². The van der Waals surface area contributed by atoms with Crippen LogP contribution in [0.1, 0.15) is 23.0 Å². The average Bonchev–Trinajstić information content (AvgIpc) is 3.13. The topological polar surface area (TPSA) is 61.4 Å². The van der Waals surface area contributed by atoms with Crippen molar-refractivity contribution in [3.05, 3.63) is 48.0 Å². The third-order valence-corrected chi connectivity index (χ3v) is 3.16. The largest absolute Gasteiger partial charge is 0.462 e. The van der Waals surface area contributed by atoms with E-state index in [2.05, 4.69) is 14.8 Å². The van der Waals surface area contributed by atoms with E-state index in [1.54, 1.807) is 12.1 Å². The fraction of sp³-hybridized carbons (Fsp3) is 0.214. The van der Waals surface area contributed by atoms with E-state index in [1.165, 1.54) is 29.8 Å². The number of carbonyl (C=O) groups excluding carboxylic acids is 1. The van der Waals surface area contributed by atoms with Crippen molar-refractivity contribution in [1.82, 2.24) is 19.2 Å². The van der Waals surface area contributed by atoms with E-state index < -0.39 is 23.4 Å². The zero-order chi connectivity index (χ0) is 16.6. The number of halogens is 3. The lowest BCUT2D eigenvalue weighted by atomic mass is 10.2. The van der Waals surface area contributed by atoms with Crippen molar-refractivity contribution in [3.63, 3.8) is 0 Å². The Morgan fingerprint density at radius 3 is 2.83 bits per heavy atom. The van der Waals surface area contributed by atoms with Gasteiger partial charge in [-0.15, -0.1) is 0 Å². The van der Waals surface area contributed by atoms with Crippen molar-refractivity contribution in [2.45, 2.75) is 13.1 Å². The van der Waals surface area contributed by atoms with Gasteiger partial charge in [0, 0.05) is 12.4 Å². The number of fused-ring (bicyclic) bond motifs is 1. The number of nitrogens with zero attached hydrogens (tertiary/aromatic N) is 4. The molecular weight excluding hydrogens is 313 g/mol. The predicted octanol–water partition coefficient (Wildman–Crippen LogP) is 2.72. The summed E-state index contributed by atoms with van der Waals surface area (Å²) in [7, 11) is 0. The van der Waals surface area contributed by atoms with E-state index in [0.29, 0.717) is 10.3 Å². The van der Waals surface area contributed by atoms with Crippen LogP contribution in [-0.4, -0.2) is 31.7 Å². The predicted molar refractivity (Wildman–Crippen MR) is 73.3 cm³/mol. The summed E-state index contributed by atoms with van der Waals surface area (Å²) in [6, 6.07) is 4.65. The third kappa shape index (κ3) is 2.54. The second-order valence-electron chi connectivity index (χ2n) is 4.58. The molecule has 0 unspecified atom stereocenters. The molecule has 0 amide bonds. The summed E-state index contributed by atoms with van der Waals surface area (Å²) in [4.78, 5) is 15.8. The molecule has 0 aliphatic heterocycles. The first-order valence-electron chi connectivity index (χ1n) is 6.68. The highest BCUT2D eigenvalue weighted by molar-refractivity contribution is 5.90. The minimum Gasteiger partial charge on any atom is -0.462 e. The number of carbonyl (C=O) groups is 1. The quantitative estimate of drug-likeness (QED) is 0.695. The Hall–Kier alpha value is -2.84. The molecular formula is C14H11F3N4O2. The van der Waals surface area contributed by atoms with Gasteiger partial charge in [0.1, 0.15) is 17.0 Å². The van der Waals surface area contributed by atoms with Gasteiger partial charge in [0.2, 0.25) is 0 Å². The molecule has 3 aromatic heterocycles. The Balaban J connectivity index is 2.24. The van der Waals surface area contributed by atoms with Crippen LogP contribution in [0.3, 0.4) is 0 Å². The van der Waals surface area contributed by atoms with Gasteiger partial charge < -0.3 is 4.74 Å². The summed E-state index contributed by atoms with van der Waals surface area (Å²) in [6.07, 6.45) is -0.948. The molecule has 23 heavy (non-hydrogen) atoms. The van der Waals surface area contributed by atoms with Crippen LogP contribution in [0.15, 0.2) is 36.8 Å². The molecule has 0 aliphatic rings. The van der Waals surface area contributed by atoms with Crippen LogP contribution in [0.2, 0.25) is 0 Å². The van der Waals surface area contributed by atoms with Crippen LogP contribution in [0.4, 0.5) is 13.2 Å². The molecule has 3 heterocycles. The fourth-order valence-corrected chi connectivity index (χ4v) is 2.26. The summed E-state index contributed by atoms with van der Waals surface area (Å²) in [5, 5.41) is 3.73. The second kappa shape index (κ2) is 5.41. The van der Waals surface area contributed by atoms with Crippen molar-refractivity contribution >= 4 is 11.6 Å². The molecule has 6 nitrogen and oxygen atoms in total. The Morgan fingerprint density at radius 2 is 2.13 bits per heavy atom. The van der Waals surface area contributed by atoms with Gasteiger partial charge in [-0.3, -0.25) is 4.40 Å². The average molecular weight is 324 g/mol. The molecule has 0 atom stereocenters. The molecule has 0 fully saturated rings. The summed E-state index contributed by atoms with van der Waals surface area (Å²) >= 11 is 0. The van der Waals surface area contributed by atoms with Crippen molar-refractivity contribution in [2.24, 2.45) is 0 Å². The van der Waals surface area contributed by atoms with E-state index in [4.69, 9.17) is 0 Å². The van der Waals surface area contributed by atoms with Crippen LogP contribution >= 0.6 is 0 Å². The molecule has 120 valence electrons. The first-order valence-corrected chi connectivity index (χ1v) is 6.68. The molecule has 0 saturated heterocycles. The summed E-state index contributed by atoms with van der Waals surface area (Å²) in [6.45, 7) is 1.49. The summed E-state index contributed by atoms with van der Waals surface area (Å²) < 4.78 is 47.2. The molecule has 3 rings (SSSR count). The Bertz CT molecular complexity index is 866. The molecule has 3 aromatic rings. The van der Waals surface area contributed by atoms with Gasteiger partial charge in [-0.1, -0.05) is 6.07 Å². The van der Waals surface area contributed by atoms with Crippen molar-refractivity contribution < 1.29 is 22.7 Å². The number of hydrogen-bond donors (Lipinski definition) is 0. The first kappa shape index (κ1) is 15.1. The lowest BCUT2D eigenvalue weighted by molar-refractivity contribution is -0.143. The maximum absolute atomic E-state index is 13.5. The minimum absolute atomic E-state index is 0.0294. The van der Waals surface area contributed by atoms with Gasteiger partial charge >= 0.3 is 12.1 Å². The molecule has 0 spiro atoms. The van der Waals surface area contributed by atoms with Crippen molar-refractivity contribution in [1.29, 1.82) is 0 Å². The monoisotopic (exact) mass is 324 g/mol. The normalized spacial score (nSPS) is 11.8. The lowest BCUT2D eigenvalue weighted by Gasteiger charge is -2.13. The molecule has 0 radical (unpaired) electrons. The summed E-state index contributed by atoms with van der Waals surface area (Å²) in [5.74, 6) is -0.952. The first-order chi connectivity index (χ1) is 10.9. The number of aromatic nitrogens is 4. The maximum atomic E-state index is 13.5. The van der Waals surface area contributed by atoms with Gasteiger partial charge in [0.15, 0.2) is 5.69 Å². The number of ether oxygens (including phenoxy) is 1. The van der Waals surface area contributed by atoms with E-state index in [0.717, 1.165) is 6.20 Å². The minimum atomic E-state index is -4.78. The number of imidazole rings is 1. The SMILES string of the molecule is CCOC(=O)c1cnn(-c2cccc3nccn23)c1C(F)(F)F. The molecule has 0 N–H and O–H groups in total. The highest BCUT2D eigenvalue weighted by atomic mass is 19.4. The maximum Gasteiger partial charge on any atom is 0.434 e. The van der Waals surface area contributed by atoms with E-state index in [1.807, 2.05) is 0 Å². The van der Waals surface area contributed by atoms with Crippen LogP contribution in [0.25, 0.3) is 11.5 Å². The smallest absolute Gasteiger partial charge is 0.434 e. The van der Waals surface area contributed by atoms with E-state index in [9.17, 15) is 18.0 Å². The molecule has 9 heteroatoms. The van der Waals surface area contributed by atoms with Crippen LogP contribution in [0, 0.1) is 0 Å². The van der Waals surface area contributed by atoms with Crippen LogP contribution < -0.4 is 0 Å². The highest BCUT2D eigenvalue weighted by Gasteiger charge is 2.41. The Kier molecular flexibility index (Phi) is 3.55. The third-order valence-electron chi connectivity index (χ3n) is 3.16. The number of esters is 1. The standard InChI is InChI=1S/C14H11F3N4O2/c1-2-23-13(22)9-8-19-21(12(9)14(15,16)17)11-5-3-4-10-18-6-7-20(10)11/h3-8H,2H2,1H3. The number of rotatable bonds is 3. The van der Waals surface area contributed by atoms with Crippen LogP contribution in [0.5, 0.6) is 0 Å². The zero-order valence-electron chi connectivity index (χ0n) is 11.9. The Labute approximate surface area is 128 Å². The van der Waals surface area contributed by atoms with E-state index >= 15 is 0 Å². The second-order valence-corrected chi connectivity index (χ2v) is 4.58. The number of pyridine rings is 1. The van der Waals surface area contributed by atoms with Gasteiger partial charge in [0.05, 0.1) is 12.8 Å². The van der Waals surface area contributed by atoms with Crippen molar-refractivity contribution in [2.75, 3.05) is 6.61 Å². The zero-order valence-corrected chi connectivity index (χ0v) is 11.9. The number of alkyl halides is 3. The Morgan fingerprint density at radius 1 is 1.35 bits per heavy atom.